The molecule has 0 aliphatic heterocycles. The third-order valence-corrected chi connectivity index (χ3v) is 4.64. The third-order valence-electron chi connectivity index (χ3n) is 4.14. The number of rotatable bonds is 6. The lowest BCUT2D eigenvalue weighted by Gasteiger charge is -2.22. The summed E-state index contributed by atoms with van der Waals surface area (Å²) in [6, 6.07) is 29.4. The van der Waals surface area contributed by atoms with Crippen LogP contribution in [0, 0.1) is 0 Å². The number of hydrogen-bond donors (Lipinski definition) is 0. The van der Waals surface area contributed by atoms with Crippen LogP contribution in [0.3, 0.4) is 0 Å². The fourth-order valence-electron chi connectivity index (χ4n) is 2.91. The van der Waals surface area contributed by atoms with E-state index in [1.165, 1.54) is 0 Å². The minimum Gasteiger partial charge on any atom is -0.299 e. The number of benzene rings is 3. The Labute approximate surface area is 147 Å². The predicted molar refractivity (Wildman–Crippen MR) is 99.4 cm³/mol. The summed E-state index contributed by atoms with van der Waals surface area (Å²) in [5.74, 6) is -0.230. The minimum atomic E-state index is -0.384. The van der Waals surface area contributed by atoms with E-state index in [9.17, 15) is 4.79 Å². The van der Waals surface area contributed by atoms with Crippen LogP contribution in [-0.2, 0) is 11.2 Å². The average molecular weight is 335 g/mol. The van der Waals surface area contributed by atoms with Crippen molar-refractivity contribution in [3.8, 4) is 0 Å². The SMILES string of the molecule is O=C(Cc1ccccc1)C(c1ccccc1)C(Cl)c1ccccc1. The zero-order chi connectivity index (χ0) is 16.8. The summed E-state index contributed by atoms with van der Waals surface area (Å²) < 4.78 is 0. The van der Waals surface area contributed by atoms with Gasteiger partial charge in [-0.15, -0.1) is 11.6 Å². The van der Waals surface area contributed by atoms with E-state index in [1.54, 1.807) is 0 Å². The van der Waals surface area contributed by atoms with Crippen molar-refractivity contribution < 1.29 is 4.79 Å². The lowest BCUT2D eigenvalue weighted by molar-refractivity contribution is -0.119. The molecule has 0 fully saturated rings. The van der Waals surface area contributed by atoms with Gasteiger partial charge in [-0.05, 0) is 16.7 Å². The normalized spacial score (nSPS) is 13.2. The van der Waals surface area contributed by atoms with E-state index >= 15 is 0 Å². The molecule has 0 aliphatic carbocycles. The summed E-state index contributed by atoms with van der Waals surface area (Å²) >= 11 is 6.75. The summed E-state index contributed by atoms with van der Waals surface area (Å²) in [4.78, 5) is 13.0. The highest BCUT2D eigenvalue weighted by Crippen LogP contribution is 2.37. The average Bonchev–Trinajstić information content (AvgIpc) is 2.64. The number of carbonyl (C=O) groups excluding carboxylic acids is 1. The van der Waals surface area contributed by atoms with Gasteiger partial charge in [0.25, 0.3) is 0 Å². The highest BCUT2D eigenvalue weighted by atomic mass is 35.5. The monoisotopic (exact) mass is 334 g/mol. The van der Waals surface area contributed by atoms with Crippen LogP contribution in [0.1, 0.15) is 28.0 Å². The molecule has 3 aromatic rings. The first-order chi connectivity index (χ1) is 11.8. The molecule has 120 valence electrons. The molecule has 0 radical (unpaired) electrons. The van der Waals surface area contributed by atoms with E-state index < -0.39 is 0 Å². The van der Waals surface area contributed by atoms with Crippen molar-refractivity contribution in [3.05, 3.63) is 108 Å². The molecule has 2 heteroatoms. The Morgan fingerprint density at radius 3 is 1.71 bits per heavy atom. The molecule has 24 heavy (non-hydrogen) atoms. The molecule has 0 amide bonds. The summed E-state index contributed by atoms with van der Waals surface area (Å²) in [6.07, 6.45) is 0.385. The quantitative estimate of drug-likeness (QED) is 0.539. The van der Waals surface area contributed by atoms with Gasteiger partial charge in [-0.1, -0.05) is 91.0 Å². The van der Waals surface area contributed by atoms with Gasteiger partial charge in [-0.3, -0.25) is 4.79 Å². The van der Waals surface area contributed by atoms with E-state index in [1.807, 2.05) is 91.0 Å². The summed E-state index contributed by atoms with van der Waals surface area (Å²) in [5.41, 5.74) is 2.94. The van der Waals surface area contributed by atoms with Crippen molar-refractivity contribution in [2.24, 2.45) is 0 Å². The molecular weight excluding hydrogens is 316 g/mol. The first-order valence-electron chi connectivity index (χ1n) is 8.06. The number of ketones is 1. The van der Waals surface area contributed by atoms with Gasteiger partial charge in [-0.2, -0.15) is 0 Å². The Morgan fingerprint density at radius 2 is 1.17 bits per heavy atom. The highest BCUT2D eigenvalue weighted by Gasteiger charge is 2.29. The molecule has 1 nitrogen and oxygen atoms in total. The van der Waals surface area contributed by atoms with Gasteiger partial charge >= 0.3 is 0 Å². The molecule has 0 heterocycles. The van der Waals surface area contributed by atoms with E-state index in [0.29, 0.717) is 6.42 Å². The largest absolute Gasteiger partial charge is 0.299 e. The van der Waals surface area contributed by atoms with Gasteiger partial charge < -0.3 is 0 Å². The molecule has 0 N–H and O–H groups in total. The number of carbonyl (C=O) groups is 1. The van der Waals surface area contributed by atoms with Crippen molar-refractivity contribution in [1.82, 2.24) is 0 Å². The topological polar surface area (TPSA) is 17.1 Å². The van der Waals surface area contributed by atoms with E-state index in [-0.39, 0.29) is 17.1 Å². The molecule has 3 rings (SSSR count). The van der Waals surface area contributed by atoms with Crippen molar-refractivity contribution in [1.29, 1.82) is 0 Å². The van der Waals surface area contributed by atoms with Crippen LogP contribution in [0.2, 0.25) is 0 Å². The number of Topliss-reactive ketones (excluding diaryl/α,β-unsaturated/α-hetero) is 1. The molecule has 0 saturated heterocycles. The minimum absolute atomic E-state index is 0.135. The second kappa shape index (κ2) is 7.94. The molecule has 0 aromatic heterocycles. The molecule has 2 unspecified atom stereocenters. The van der Waals surface area contributed by atoms with Crippen LogP contribution in [0.15, 0.2) is 91.0 Å². The number of hydrogen-bond acceptors (Lipinski definition) is 1. The van der Waals surface area contributed by atoms with Crippen LogP contribution < -0.4 is 0 Å². The van der Waals surface area contributed by atoms with Gasteiger partial charge in [0.2, 0.25) is 0 Å². The first-order valence-corrected chi connectivity index (χ1v) is 8.50. The van der Waals surface area contributed by atoms with Crippen LogP contribution in [0.25, 0.3) is 0 Å². The maximum absolute atomic E-state index is 13.0. The first kappa shape index (κ1) is 16.5. The Kier molecular flexibility index (Phi) is 5.45. The van der Waals surface area contributed by atoms with Crippen molar-refractivity contribution in [2.75, 3.05) is 0 Å². The Hall–Kier alpha value is -2.38. The van der Waals surface area contributed by atoms with Gasteiger partial charge in [0.05, 0.1) is 11.3 Å². The predicted octanol–water partition coefficient (Wildman–Crippen LogP) is 5.56. The molecule has 0 bridgehead atoms. The summed E-state index contributed by atoms with van der Waals surface area (Å²) in [7, 11) is 0. The van der Waals surface area contributed by atoms with Gasteiger partial charge in [0, 0.05) is 6.42 Å². The molecule has 2 atom stereocenters. The highest BCUT2D eigenvalue weighted by molar-refractivity contribution is 6.23. The second-order valence-corrected chi connectivity index (χ2v) is 6.30. The van der Waals surface area contributed by atoms with E-state index in [4.69, 9.17) is 11.6 Å². The van der Waals surface area contributed by atoms with E-state index in [0.717, 1.165) is 16.7 Å². The maximum Gasteiger partial charge on any atom is 0.146 e. The Bertz CT molecular complexity index is 769. The lowest BCUT2D eigenvalue weighted by atomic mass is 9.85. The van der Waals surface area contributed by atoms with Crippen molar-refractivity contribution >= 4 is 17.4 Å². The number of halogens is 1. The molecule has 0 saturated carbocycles. The van der Waals surface area contributed by atoms with Crippen LogP contribution in [0.4, 0.5) is 0 Å². The molecule has 0 spiro atoms. The van der Waals surface area contributed by atoms with E-state index in [2.05, 4.69) is 0 Å². The summed E-state index contributed by atoms with van der Waals surface area (Å²) in [6.45, 7) is 0. The standard InChI is InChI=1S/C22H19ClO/c23-22(19-14-8-3-9-15-19)21(18-12-6-2-7-13-18)20(24)16-17-10-4-1-5-11-17/h1-15,21-22H,16H2. The zero-order valence-corrected chi connectivity index (χ0v) is 14.1. The van der Waals surface area contributed by atoms with Crippen LogP contribution in [-0.4, -0.2) is 5.78 Å². The molecule has 3 aromatic carbocycles. The lowest BCUT2D eigenvalue weighted by Crippen LogP contribution is -2.19. The van der Waals surface area contributed by atoms with Crippen molar-refractivity contribution in [2.45, 2.75) is 17.7 Å². The maximum atomic E-state index is 13.0. The van der Waals surface area contributed by atoms with Crippen LogP contribution >= 0.6 is 11.6 Å². The summed E-state index contributed by atoms with van der Waals surface area (Å²) in [5, 5.41) is -0.384. The smallest absolute Gasteiger partial charge is 0.146 e. The zero-order valence-electron chi connectivity index (χ0n) is 13.3. The Balaban J connectivity index is 1.92. The van der Waals surface area contributed by atoms with Crippen LogP contribution in [0.5, 0.6) is 0 Å². The fourth-order valence-corrected chi connectivity index (χ4v) is 3.35. The third kappa shape index (κ3) is 3.93. The van der Waals surface area contributed by atoms with Crippen molar-refractivity contribution in [3.63, 3.8) is 0 Å². The number of alkyl halides is 1. The molecule has 0 aliphatic rings. The molecular formula is C22H19ClO. The second-order valence-electron chi connectivity index (χ2n) is 5.83. The van der Waals surface area contributed by atoms with Gasteiger partial charge in [-0.25, -0.2) is 0 Å². The Morgan fingerprint density at radius 1 is 0.708 bits per heavy atom. The van der Waals surface area contributed by atoms with Gasteiger partial charge in [0.15, 0.2) is 0 Å². The fraction of sp³-hybridized carbons (Fsp3) is 0.136. The van der Waals surface area contributed by atoms with Gasteiger partial charge in [0.1, 0.15) is 5.78 Å².